The molecule has 0 spiro atoms. The van der Waals surface area contributed by atoms with E-state index in [4.69, 9.17) is 11.6 Å². The molecule has 1 fully saturated rings. The Balaban J connectivity index is 1.34. The van der Waals surface area contributed by atoms with Gasteiger partial charge in [0.05, 0.1) is 5.92 Å². The van der Waals surface area contributed by atoms with E-state index in [1.807, 2.05) is 12.1 Å². The molecular formula is C22H21ClN6O3S. The summed E-state index contributed by atoms with van der Waals surface area (Å²) in [5.41, 5.74) is 1.43. The Morgan fingerprint density at radius 1 is 1.15 bits per heavy atom. The van der Waals surface area contributed by atoms with E-state index in [9.17, 15) is 14.4 Å². The monoisotopic (exact) mass is 484 g/mol. The Bertz CT molecular complexity index is 1160. The van der Waals surface area contributed by atoms with E-state index in [1.165, 1.54) is 0 Å². The molecule has 11 heteroatoms. The maximum Gasteiger partial charge on any atom is 0.286 e. The molecular weight excluding hydrogens is 464 g/mol. The number of halogens is 1. The summed E-state index contributed by atoms with van der Waals surface area (Å²) >= 11 is 6.85. The summed E-state index contributed by atoms with van der Waals surface area (Å²) in [6, 6.07) is 10.4. The van der Waals surface area contributed by atoms with Crippen molar-refractivity contribution in [3.8, 4) is 0 Å². The van der Waals surface area contributed by atoms with Crippen molar-refractivity contribution in [2.45, 2.75) is 19.4 Å². The van der Waals surface area contributed by atoms with Gasteiger partial charge in [0, 0.05) is 42.7 Å². The van der Waals surface area contributed by atoms with Crippen molar-refractivity contribution in [1.29, 1.82) is 0 Å². The summed E-state index contributed by atoms with van der Waals surface area (Å²) in [6.45, 7) is 1.20. The highest BCUT2D eigenvalue weighted by atomic mass is 35.5. The molecule has 3 amide bonds. The minimum Gasteiger partial charge on any atom is -0.352 e. The number of benzene rings is 1. The SMILES string of the molecule is O=C(Nc1cccc(Cl)c1)c1nnc(C(=O)N2CCC[C@@H](C(=O)NCc3cccnc3)C2)s1. The van der Waals surface area contributed by atoms with E-state index in [-0.39, 0.29) is 27.7 Å². The standard InChI is InChI=1S/C22H21ClN6O3S/c23-16-6-1-7-17(10-16)26-19(31)20-27-28-21(33-20)22(32)29-9-3-5-15(13-29)18(30)25-12-14-4-2-8-24-11-14/h1-2,4,6-8,10-11,15H,3,5,9,12-13H2,(H,25,30)(H,26,31)/t15-/m1/s1. The molecule has 1 aliphatic rings. The van der Waals surface area contributed by atoms with Crippen LogP contribution in [-0.4, -0.2) is 50.9 Å². The van der Waals surface area contributed by atoms with Gasteiger partial charge in [-0.2, -0.15) is 0 Å². The molecule has 2 aromatic heterocycles. The van der Waals surface area contributed by atoms with E-state index in [0.29, 0.717) is 43.2 Å². The predicted molar refractivity (Wildman–Crippen MR) is 124 cm³/mol. The van der Waals surface area contributed by atoms with Gasteiger partial charge in [-0.3, -0.25) is 19.4 Å². The fourth-order valence-electron chi connectivity index (χ4n) is 3.50. The average molecular weight is 485 g/mol. The molecule has 170 valence electrons. The van der Waals surface area contributed by atoms with Gasteiger partial charge in [0.15, 0.2) is 0 Å². The van der Waals surface area contributed by atoms with Crippen LogP contribution >= 0.6 is 22.9 Å². The summed E-state index contributed by atoms with van der Waals surface area (Å²) in [7, 11) is 0. The van der Waals surface area contributed by atoms with E-state index in [0.717, 1.165) is 16.9 Å². The normalized spacial score (nSPS) is 15.7. The summed E-state index contributed by atoms with van der Waals surface area (Å²) in [5, 5.41) is 14.0. The molecule has 0 bridgehead atoms. The minimum atomic E-state index is -0.472. The van der Waals surface area contributed by atoms with Gasteiger partial charge in [0.25, 0.3) is 11.8 Å². The summed E-state index contributed by atoms with van der Waals surface area (Å²) in [6.07, 6.45) is 4.78. The lowest BCUT2D eigenvalue weighted by Crippen LogP contribution is -2.45. The van der Waals surface area contributed by atoms with Crippen LogP contribution in [0.4, 0.5) is 5.69 Å². The van der Waals surface area contributed by atoms with Crippen molar-refractivity contribution in [3.05, 3.63) is 69.4 Å². The van der Waals surface area contributed by atoms with Crippen LogP contribution in [0.3, 0.4) is 0 Å². The second kappa shape index (κ2) is 10.5. The van der Waals surface area contributed by atoms with Crippen LogP contribution in [0.15, 0.2) is 48.8 Å². The number of aromatic nitrogens is 3. The van der Waals surface area contributed by atoms with Crippen LogP contribution in [0.1, 0.15) is 38.0 Å². The second-order valence-corrected chi connectivity index (χ2v) is 8.96. The molecule has 1 atom stereocenters. The Morgan fingerprint density at radius 2 is 2.00 bits per heavy atom. The van der Waals surface area contributed by atoms with Crippen LogP contribution in [0.25, 0.3) is 0 Å². The van der Waals surface area contributed by atoms with Gasteiger partial charge >= 0.3 is 0 Å². The van der Waals surface area contributed by atoms with Gasteiger partial charge in [0.1, 0.15) is 0 Å². The molecule has 0 saturated carbocycles. The first-order chi connectivity index (χ1) is 16.0. The lowest BCUT2D eigenvalue weighted by Gasteiger charge is -2.31. The number of hydrogen-bond donors (Lipinski definition) is 2. The Morgan fingerprint density at radius 3 is 2.79 bits per heavy atom. The number of nitrogens with one attached hydrogen (secondary N) is 2. The van der Waals surface area contributed by atoms with E-state index >= 15 is 0 Å². The third kappa shape index (κ3) is 5.91. The minimum absolute atomic E-state index is 0.0705. The molecule has 0 aliphatic carbocycles. The van der Waals surface area contributed by atoms with E-state index in [2.05, 4.69) is 25.8 Å². The number of carbonyl (C=O) groups excluding carboxylic acids is 3. The first-order valence-electron chi connectivity index (χ1n) is 10.4. The van der Waals surface area contributed by atoms with Crippen molar-refractivity contribution in [2.24, 2.45) is 5.92 Å². The number of likely N-dealkylation sites (tertiary alicyclic amines) is 1. The first kappa shape index (κ1) is 22.8. The van der Waals surface area contributed by atoms with Crippen LogP contribution < -0.4 is 10.6 Å². The number of anilines is 1. The predicted octanol–water partition coefficient (Wildman–Crippen LogP) is 3.01. The van der Waals surface area contributed by atoms with Gasteiger partial charge in [0.2, 0.25) is 15.9 Å². The molecule has 1 aliphatic heterocycles. The van der Waals surface area contributed by atoms with Crippen molar-refractivity contribution in [2.75, 3.05) is 18.4 Å². The highest BCUT2D eigenvalue weighted by Gasteiger charge is 2.30. The van der Waals surface area contributed by atoms with E-state index < -0.39 is 5.91 Å². The molecule has 3 aromatic rings. The fourth-order valence-corrected chi connectivity index (χ4v) is 4.40. The molecule has 1 aromatic carbocycles. The number of pyridine rings is 1. The molecule has 3 heterocycles. The second-order valence-electron chi connectivity index (χ2n) is 7.55. The third-order valence-corrected chi connectivity index (χ3v) is 6.30. The molecule has 0 radical (unpaired) electrons. The largest absolute Gasteiger partial charge is 0.352 e. The topological polar surface area (TPSA) is 117 Å². The Hall–Kier alpha value is -3.37. The average Bonchev–Trinajstić information content (AvgIpc) is 3.33. The third-order valence-electron chi connectivity index (χ3n) is 5.15. The maximum absolute atomic E-state index is 12.9. The van der Waals surface area contributed by atoms with Crippen molar-refractivity contribution in [1.82, 2.24) is 25.4 Å². The Kier molecular flexibility index (Phi) is 7.26. The zero-order chi connectivity index (χ0) is 23.2. The highest BCUT2D eigenvalue weighted by molar-refractivity contribution is 7.15. The smallest absolute Gasteiger partial charge is 0.286 e. The number of piperidine rings is 1. The molecule has 33 heavy (non-hydrogen) atoms. The maximum atomic E-state index is 12.9. The van der Waals surface area contributed by atoms with Crippen molar-refractivity contribution >= 4 is 46.3 Å². The number of amides is 3. The highest BCUT2D eigenvalue weighted by Crippen LogP contribution is 2.22. The zero-order valence-corrected chi connectivity index (χ0v) is 19.1. The lowest BCUT2D eigenvalue weighted by atomic mass is 9.97. The van der Waals surface area contributed by atoms with Crippen molar-refractivity contribution < 1.29 is 14.4 Å². The fraction of sp³-hybridized carbons (Fsp3) is 0.273. The van der Waals surface area contributed by atoms with Crippen molar-refractivity contribution in [3.63, 3.8) is 0 Å². The van der Waals surface area contributed by atoms with Gasteiger partial charge < -0.3 is 15.5 Å². The van der Waals surface area contributed by atoms with Crippen LogP contribution in [0.2, 0.25) is 5.02 Å². The van der Waals surface area contributed by atoms with Gasteiger partial charge in [-0.15, -0.1) is 10.2 Å². The molecule has 2 N–H and O–H groups in total. The summed E-state index contributed by atoms with van der Waals surface area (Å²) < 4.78 is 0. The number of nitrogens with zero attached hydrogens (tertiary/aromatic N) is 4. The molecule has 4 rings (SSSR count). The number of hydrogen-bond acceptors (Lipinski definition) is 7. The number of rotatable bonds is 6. The quantitative estimate of drug-likeness (QED) is 0.555. The van der Waals surface area contributed by atoms with Crippen LogP contribution in [0.5, 0.6) is 0 Å². The Labute approximate surface area is 199 Å². The summed E-state index contributed by atoms with van der Waals surface area (Å²) in [5.74, 6) is -1.22. The lowest BCUT2D eigenvalue weighted by molar-refractivity contribution is -0.126. The van der Waals surface area contributed by atoms with E-state index in [1.54, 1.807) is 41.6 Å². The zero-order valence-electron chi connectivity index (χ0n) is 17.5. The van der Waals surface area contributed by atoms with Gasteiger partial charge in [-0.05, 0) is 42.7 Å². The molecule has 0 unspecified atom stereocenters. The first-order valence-corrected chi connectivity index (χ1v) is 11.6. The van der Waals surface area contributed by atoms with Gasteiger partial charge in [-0.25, -0.2) is 0 Å². The molecule has 1 saturated heterocycles. The molecule has 9 nitrogen and oxygen atoms in total. The van der Waals surface area contributed by atoms with Crippen LogP contribution in [-0.2, 0) is 11.3 Å². The van der Waals surface area contributed by atoms with Gasteiger partial charge in [-0.1, -0.05) is 35.1 Å². The summed E-state index contributed by atoms with van der Waals surface area (Å²) in [4.78, 5) is 43.6. The number of carbonyl (C=O) groups is 3. The van der Waals surface area contributed by atoms with Crippen LogP contribution in [0, 0.1) is 5.92 Å².